The normalized spacial score (nSPS) is 10.7. The van der Waals surface area contributed by atoms with Crippen molar-refractivity contribution < 1.29 is 4.79 Å². The summed E-state index contributed by atoms with van der Waals surface area (Å²) in [5, 5.41) is 3.43. The van der Waals surface area contributed by atoms with Gasteiger partial charge in [-0.2, -0.15) is 0 Å². The average Bonchev–Trinajstić information content (AvgIpc) is 2.69. The largest absolute Gasteiger partial charge is 0.375 e. The Morgan fingerprint density at radius 3 is 2.52 bits per heavy atom. The maximum atomic E-state index is 12.1. The van der Waals surface area contributed by atoms with Crippen LogP contribution in [0.25, 0.3) is 0 Å². The smallest absolute Gasteiger partial charge is 0.234 e. The summed E-state index contributed by atoms with van der Waals surface area (Å²) in [6, 6.07) is 3.92. The van der Waals surface area contributed by atoms with E-state index in [1.54, 1.807) is 0 Å². The molecule has 21 heavy (non-hydrogen) atoms. The zero-order chi connectivity index (χ0) is 15.6. The van der Waals surface area contributed by atoms with E-state index in [4.69, 9.17) is 5.73 Å². The van der Waals surface area contributed by atoms with Gasteiger partial charge in [0, 0.05) is 8.95 Å². The molecule has 8 heteroatoms. The number of aromatic nitrogens is 1. The number of amides is 1. The molecule has 0 atom stereocenters. The highest BCUT2D eigenvalue weighted by Crippen LogP contribution is 2.33. The molecule has 0 unspecified atom stereocenters. The lowest BCUT2D eigenvalue weighted by atomic mass is 10.2. The third-order valence-corrected chi connectivity index (χ3v) is 6.16. The van der Waals surface area contributed by atoms with E-state index in [2.05, 4.69) is 42.2 Å². The minimum Gasteiger partial charge on any atom is -0.375 e. The van der Waals surface area contributed by atoms with E-state index in [0.29, 0.717) is 10.9 Å². The van der Waals surface area contributed by atoms with Gasteiger partial charge >= 0.3 is 0 Å². The third-order valence-electron chi connectivity index (χ3n) is 2.56. The Hall–Kier alpha value is -0.570. The van der Waals surface area contributed by atoms with Gasteiger partial charge in [0.15, 0.2) is 5.13 Å². The Morgan fingerprint density at radius 2 is 2.00 bits per heavy atom. The predicted molar refractivity (Wildman–Crippen MR) is 97.2 cm³/mol. The van der Waals surface area contributed by atoms with E-state index < -0.39 is 0 Å². The Morgan fingerprint density at radius 1 is 1.38 bits per heavy atom. The fourth-order valence-corrected chi connectivity index (χ4v) is 5.10. The zero-order valence-electron chi connectivity index (χ0n) is 11.4. The number of rotatable bonds is 4. The van der Waals surface area contributed by atoms with Crippen LogP contribution < -0.4 is 11.1 Å². The quantitative estimate of drug-likeness (QED) is 0.668. The number of carbonyl (C=O) groups is 1. The highest BCUT2D eigenvalue weighted by Gasteiger charge is 2.12. The van der Waals surface area contributed by atoms with Crippen molar-refractivity contribution in [1.29, 1.82) is 0 Å². The summed E-state index contributed by atoms with van der Waals surface area (Å²) in [4.78, 5) is 16.2. The number of hydrogen-bond acceptors (Lipinski definition) is 5. The van der Waals surface area contributed by atoms with Gasteiger partial charge in [0.25, 0.3) is 0 Å². The summed E-state index contributed by atoms with van der Waals surface area (Å²) < 4.78 is 2.68. The van der Waals surface area contributed by atoms with Gasteiger partial charge < -0.3 is 11.1 Å². The Kier molecular flexibility index (Phi) is 5.70. The van der Waals surface area contributed by atoms with Crippen LogP contribution >= 0.6 is 55.0 Å². The maximum Gasteiger partial charge on any atom is 0.234 e. The molecular formula is C13H13Br2N3OS2. The minimum absolute atomic E-state index is 0.0726. The van der Waals surface area contributed by atoms with Gasteiger partial charge in [-0.15, -0.1) is 11.8 Å². The number of hydrogen-bond donors (Lipinski definition) is 2. The molecule has 0 saturated heterocycles. The number of nitrogens with zero attached hydrogens (tertiary/aromatic N) is 1. The molecule has 0 radical (unpaired) electrons. The summed E-state index contributed by atoms with van der Waals surface area (Å²) >= 11 is 9.77. The number of halogens is 2. The fourth-order valence-electron chi connectivity index (χ4n) is 1.66. The van der Waals surface area contributed by atoms with Gasteiger partial charge in [-0.1, -0.05) is 11.3 Å². The highest BCUT2D eigenvalue weighted by molar-refractivity contribution is 9.11. The van der Waals surface area contributed by atoms with Gasteiger partial charge in [-0.25, -0.2) is 4.98 Å². The van der Waals surface area contributed by atoms with Crippen molar-refractivity contribution in [1.82, 2.24) is 4.98 Å². The molecule has 1 aromatic heterocycles. The lowest BCUT2D eigenvalue weighted by Crippen LogP contribution is -2.14. The van der Waals surface area contributed by atoms with Crippen LogP contribution in [0.3, 0.4) is 0 Å². The second-order valence-corrected chi connectivity index (χ2v) is 8.35. The summed E-state index contributed by atoms with van der Waals surface area (Å²) in [5.41, 5.74) is 8.36. The number of aryl methyl sites for hydroxylation is 2. The lowest BCUT2D eigenvalue weighted by molar-refractivity contribution is -0.113. The number of thiazole rings is 1. The van der Waals surface area contributed by atoms with E-state index in [1.807, 2.05) is 26.0 Å². The topological polar surface area (TPSA) is 68.0 Å². The summed E-state index contributed by atoms with van der Waals surface area (Å²) in [5.74, 6) is 0.242. The molecule has 3 N–H and O–H groups in total. The van der Waals surface area contributed by atoms with Gasteiger partial charge in [0.05, 0.1) is 21.3 Å². The lowest BCUT2D eigenvalue weighted by Gasteiger charge is -2.10. The van der Waals surface area contributed by atoms with Crippen LogP contribution in [0.5, 0.6) is 0 Å². The number of anilines is 2. The monoisotopic (exact) mass is 449 g/mol. The van der Waals surface area contributed by atoms with Gasteiger partial charge in [0.1, 0.15) is 0 Å². The molecule has 2 rings (SSSR count). The van der Waals surface area contributed by atoms with Crippen molar-refractivity contribution >= 4 is 71.7 Å². The second kappa shape index (κ2) is 7.13. The van der Waals surface area contributed by atoms with E-state index >= 15 is 0 Å². The molecule has 4 nitrogen and oxygen atoms in total. The highest BCUT2D eigenvalue weighted by atomic mass is 79.9. The first-order chi connectivity index (χ1) is 9.86. The van der Waals surface area contributed by atoms with E-state index in [1.165, 1.54) is 23.1 Å². The first-order valence-corrected chi connectivity index (χ1v) is 9.37. The van der Waals surface area contributed by atoms with Crippen LogP contribution in [0.15, 0.2) is 25.3 Å². The molecule has 0 fully saturated rings. The van der Waals surface area contributed by atoms with Crippen LogP contribution in [-0.2, 0) is 4.79 Å². The van der Waals surface area contributed by atoms with Gasteiger partial charge in [-0.05, 0) is 63.4 Å². The minimum atomic E-state index is -0.0726. The maximum absolute atomic E-state index is 12.1. The number of thioether (sulfide) groups is 1. The van der Waals surface area contributed by atoms with Crippen molar-refractivity contribution in [2.75, 3.05) is 16.8 Å². The van der Waals surface area contributed by atoms with E-state index in [-0.39, 0.29) is 5.91 Å². The fraction of sp³-hybridized carbons (Fsp3) is 0.231. The Labute approximate surface area is 148 Å². The van der Waals surface area contributed by atoms with Gasteiger partial charge in [-0.3, -0.25) is 4.79 Å². The first-order valence-electron chi connectivity index (χ1n) is 5.98. The van der Waals surface area contributed by atoms with Crippen molar-refractivity contribution in [3.05, 3.63) is 32.3 Å². The molecule has 0 bridgehead atoms. The summed E-state index contributed by atoms with van der Waals surface area (Å²) in [7, 11) is 0. The van der Waals surface area contributed by atoms with Crippen molar-refractivity contribution in [2.45, 2.75) is 18.1 Å². The SMILES string of the molecule is Cc1cc(Br)c(NC(=O)CSc2sc(N)nc2C)c(Br)c1. The van der Waals surface area contributed by atoms with Crippen LogP contribution in [0.2, 0.25) is 0 Å². The number of benzene rings is 1. The summed E-state index contributed by atoms with van der Waals surface area (Å²) in [6.07, 6.45) is 0. The predicted octanol–water partition coefficient (Wildman–Crippen LogP) is 4.60. The molecule has 2 aromatic rings. The Bertz CT molecular complexity index is 665. The standard InChI is InChI=1S/C13H13Br2N3OS2/c1-6-3-8(14)11(9(15)4-6)18-10(19)5-20-12-7(2)17-13(16)21-12/h3-4H,5H2,1-2H3,(H2,16,17)(H,18,19). The molecular weight excluding hydrogens is 438 g/mol. The van der Waals surface area contributed by atoms with Crippen LogP contribution in [0.1, 0.15) is 11.3 Å². The second-order valence-electron chi connectivity index (χ2n) is 4.37. The third kappa shape index (κ3) is 4.45. The zero-order valence-corrected chi connectivity index (χ0v) is 16.2. The van der Waals surface area contributed by atoms with Crippen molar-refractivity contribution in [3.8, 4) is 0 Å². The van der Waals surface area contributed by atoms with Crippen LogP contribution in [0, 0.1) is 13.8 Å². The molecule has 0 aliphatic carbocycles. The van der Waals surface area contributed by atoms with Crippen LogP contribution in [0.4, 0.5) is 10.8 Å². The molecule has 0 spiro atoms. The van der Waals surface area contributed by atoms with Crippen LogP contribution in [-0.4, -0.2) is 16.6 Å². The molecule has 1 aromatic carbocycles. The van der Waals surface area contributed by atoms with E-state index in [0.717, 1.165) is 30.1 Å². The number of nitrogen functional groups attached to an aromatic ring is 1. The number of nitrogens with two attached hydrogens (primary N) is 1. The number of carbonyl (C=O) groups excluding carboxylic acids is 1. The molecule has 0 aliphatic heterocycles. The van der Waals surface area contributed by atoms with Crippen molar-refractivity contribution in [2.24, 2.45) is 0 Å². The van der Waals surface area contributed by atoms with E-state index in [9.17, 15) is 4.79 Å². The van der Waals surface area contributed by atoms with Gasteiger partial charge in [0.2, 0.25) is 5.91 Å². The molecule has 1 heterocycles. The first kappa shape index (κ1) is 16.8. The Balaban J connectivity index is 2.01. The molecule has 1 amide bonds. The number of nitrogens with one attached hydrogen (secondary N) is 1. The summed E-state index contributed by atoms with van der Waals surface area (Å²) in [6.45, 7) is 3.88. The molecule has 112 valence electrons. The molecule has 0 saturated carbocycles. The molecule has 0 aliphatic rings. The average molecular weight is 451 g/mol. The van der Waals surface area contributed by atoms with Crippen molar-refractivity contribution in [3.63, 3.8) is 0 Å².